The van der Waals surface area contributed by atoms with Crippen molar-refractivity contribution in [3.8, 4) is 0 Å². The molecule has 1 fully saturated rings. The molecule has 1 aliphatic rings. The number of amides is 1. The van der Waals surface area contributed by atoms with Gasteiger partial charge in [0.05, 0.1) is 25.3 Å². The van der Waals surface area contributed by atoms with Crippen molar-refractivity contribution in [2.45, 2.75) is 13.5 Å². The zero-order valence-electron chi connectivity index (χ0n) is 16.1. The minimum absolute atomic E-state index is 0.119. The Kier molecular flexibility index (Phi) is 5.20. The second kappa shape index (κ2) is 7.80. The van der Waals surface area contributed by atoms with E-state index < -0.39 is 5.97 Å². The van der Waals surface area contributed by atoms with Crippen molar-refractivity contribution in [1.29, 1.82) is 0 Å². The van der Waals surface area contributed by atoms with Crippen LogP contribution in [0, 0.1) is 6.92 Å². The molecule has 0 saturated carbocycles. The van der Waals surface area contributed by atoms with Gasteiger partial charge in [-0.2, -0.15) is 0 Å². The molecular weight excluding hydrogens is 396 g/mol. The lowest BCUT2D eigenvalue weighted by Crippen LogP contribution is -2.48. The van der Waals surface area contributed by atoms with E-state index in [0.717, 1.165) is 11.3 Å². The molecule has 4 rings (SSSR count). The van der Waals surface area contributed by atoms with Gasteiger partial charge in [-0.3, -0.25) is 14.5 Å². The van der Waals surface area contributed by atoms with Gasteiger partial charge < -0.3 is 19.0 Å². The van der Waals surface area contributed by atoms with Gasteiger partial charge in [-0.25, -0.2) is 9.78 Å². The normalized spacial score (nSPS) is 15.0. The lowest BCUT2D eigenvalue weighted by atomic mass is 10.2. The average Bonchev–Trinajstić information content (AvgIpc) is 3.36. The number of H-pyrrole nitrogens is 1. The molecule has 9 nitrogen and oxygen atoms in total. The molecule has 0 spiro atoms. The highest BCUT2D eigenvalue weighted by Gasteiger charge is 2.25. The van der Waals surface area contributed by atoms with E-state index in [9.17, 15) is 14.4 Å². The number of esters is 1. The number of hydrogen-bond acceptors (Lipinski definition) is 8. The van der Waals surface area contributed by atoms with Crippen LogP contribution in [0.2, 0.25) is 0 Å². The smallest absolute Gasteiger partial charge is 0.348 e. The standard InChI is InChI=1S/C19H20N4O5S/c1-11-14-16(24)20-13(21-17(14)29-15(11)19(26)27-2)10-22-5-7-23(8-6-22)18(25)12-4-3-9-28-12/h3-4,9H,5-8,10H2,1-2H3,(H,20,21,24). The van der Waals surface area contributed by atoms with E-state index in [2.05, 4.69) is 14.9 Å². The summed E-state index contributed by atoms with van der Waals surface area (Å²) < 4.78 is 9.95. The van der Waals surface area contributed by atoms with Gasteiger partial charge in [-0.05, 0) is 24.6 Å². The molecule has 0 atom stereocenters. The summed E-state index contributed by atoms with van der Waals surface area (Å²) in [4.78, 5) is 48.9. The van der Waals surface area contributed by atoms with Gasteiger partial charge >= 0.3 is 5.97 Å². The van der Waals surface area contributed by atoms with Crippen LogP contribution in [0.15, 0.2) is 27.6 Å². The Morgan fingerprint density at radius 3 is 2.72 bits per heavy atom. The maximum atomic E-state index is 12.5. The molecule has 29 heavy (non-hydrogen) atoms. The molecule has 1 N–H and O–H groups in total. The second-order valence-corrected chi connectivity index (χ2v) is 7.79. The number of carbonyl (C=O) groups excluding carboxylic acids is 2. The first kappa shape index (κ1) is 19.3. The highest BCUT2D eigenvalue weighted by molar-refractivity contribution is 7.20. The first-order valence-electron chi connectivity index (χ1n) is 9.13. The Hall–Kier alpha value is -2.98. The summed E-state index contributed by atoms with van der Waals surface area (Å²) in [6.07, 6.45) is 1.49. The van der Waals surface area contributed by atoms with Crippen molar-refractivity contribution in [1.82, 2.24) is 19.8 Å². The first-order chi connectivity index (χ1) is 14.0. The topological polar surface area (TPSA) is 109 Å². The van der Waals surface area contributed by atoms with Gasteiger partial charge in [-0.15, -0.1) is 11.3 Å². The molecule has 3 aromatic rings. The van der Waals surface area contributed by atoms with Gasteiger partial charge in [0.25, 0.3) is 11.5 Å². The number of methoxy groups -OCH3 is 1. The van der Waals surface area contributed by atoms with Gasteiger partial charge in [0.15, 0.2) is 5.76 Å². The van der Waals surface area contributed by atoms with Crippen LogP contribution in [0.5, 0.6) is 0 Å². The first-order valence-corrected chi connectivity index (χ1v) is 9.95. The Bertz CT molecular complexity index is 1110. The van der Waals surface area contributed by atoms with Crippen LogP contribution >= 0.6 is 11.3 Å². The quantitative estimate of drug-likeness (QED) is 0.644. The van der Waals surface area contributed by atoms with Gasteiger partial charge in [-0.1, -0.05) is 0 Å². The minimum Gasteiger partial charge on any atom is -0.465 e. The average molecular weight is 416 g/mol. The molecular formula is C19H20N4O5S. The number of aromatic amines is 1. The fraction of sp³-hybridized carbons (Fsp3) is 0.368. The summed E-state index contributed by atoms with van der Waals surface area (Å²) in [5.74, 6) is 0.283. The van der Waals surface area contributed by atoms with Crippen molar-refractivity contribution in [3.63, 3.8) is 0 Å². The van der Waals surface area contributed by atoms with Crippen LogP contribution in [-0.2, 0) is 11.3 Å². The molecule has 1 amide bonds. The fourth-order valence-corrected chi connectivity index (χ4v) is 4.55. The minimum atomic E-state index is -0.469. The Balaban J connectivity index is 1.47. The molecule has 1 aliphatic heterocycles. The Labute approximate surface area is 169 Å². The zero-order chi connectivity index (χ0) is 20.5. The van der Waals surface area contributed by atoms with E-state index in [1.165, 1.54) is 13.4 Å². The van der Waals surface area contributed by atoms with Crippen molar-refractivity contribution in [3.05, 3.63) is 50.8 Å². The van der Waals surface area contributed by atoms with E-state index in [0.29, 0.717) is 65.0 Å². The molecule has 0 aliphatic carbocycles. The number of aryl methyl sites for hydroxylation is 1. The number of ether oxygens (including phenoxy) is 1. The summed E-state index contributed by atoms with van der Waals surface area (Å²) in [6.45, 7) is 4.62. The number of piperazine rings is 1. The van der Waals surface area contributed by atoms with E-state index >= 15 is 0 Å². The third-order valence-electron chi connectivity index (χ3n) is 4.99. The van der Waals surface area contributed by atoms with Crippen LogP contribution in [0.4, 0.5) is 0 Å². The van der Waals surface area contributed by atoms with Crippen LogP contribution in [0.3, 0.4) is 0 Å². The lowest BCUT2D eigenvalue weighted by Gasteiger charge is -2.33. The zero-order valence-corrected chi connectivity index (χ0v) is 16.9. The molecule has 0 bridgehead atoms. The van der Waals surface area contributed by atoms with Crippen LogP contribution in [0.25, 0.3) is 10.2 Å². The number of fused-ring (bicyclic) bond motifs is 1. The molecule has 0 radical (unpaired) electrons. The number of nitrogens with zero attached hydrogens (tertiary/aromatic N) is 3. The van der Waals surface area contributed by atoms with Crippen molar-refractivity contribution in [2.75, 3.05) is 33.3 Å². The second-order valence-electron chi connectivity index (χ2n) is 6.79. The number of carbonyl (C=O) groups is 2. The monoisotopic (exact) mass is 416 g/mol. The highest BCUT2D eigenvalue weighted by atomic mass is 32.1. The Morgan fingerprint density at radius 2 is 2.07 bits per heavy atom. The summed E-state index contributed by atoms with van der Waals surface area (Å²) >= 11 is 1.16. The van der Waals surface area contributed by atoms with Crippen molar-refractivity contribution in [2.24, 2.45) is 0 Å². The Morgan fingerprint density at radius 1 is 1.31 bits per heavy atom. The summed E-state index contributed by atoms with van der Waals surface area (Å²) in [6, 6.07) is 3.35. The van der Waals surface area contributed by atoms with Crippen molar-refractivity contribution < 1.29 is 18.7 Å². The van der Waals surface area contributed by atoms with Gasteiger partial charge in [0.1, 0.15) is 15.5 Å². The van der Waals surface area contributed by atoms with Crippen LogP contribution in [-0.4, -0.2) is 64.9 Å². The number of rotatable bonds is 4. The molecule has 152 valence electrons. The third-order valence-corrected chi connectivity index (χ3v) is 6.15. The highest BCUT2D eigenvalue weighted by Crippen LogP contribution is 2.27. The number of furan rings is 1. The SMILES string of the molecule is COC(=O)c1sc2nc(CN3CCN(C(=O)c4ccco4)CC3)[nH]c(=O)c2c1C. The maximum Gasteiger partial charge on any atom is 0.348 e. The van der Waals surface area contributed by atoms with Gasteiger partial charge in [0, 0.05) is 26.2 Å². The van der Waals surface area contributed by atoms with Crippen molar-refractivity contribution >= 4 is 33.4 Å². The molecule has 3 aromatic heterocycles. The number of aromatic nitrogens is 2. The summed E-state index contributed by atoms with van der Waals surface area (Å²) in [5, 5.41) is 0.424. The van der Waals surface area contributed by atoms with Crippen LogP contribution in [0.1, 0.15) is 31.6 Å². The van der Waals surface area contributed by atoms with E-state index in [1.54, 1.807) is 24.0 Å². The predicted molar refractivity (Wildman–Crippen MR) is 106 cm³/mol. The van der Waals surface area contributed by atoms with E-state index in [-0.39, 0.29) is 11.5 Å². The summed E-state index contributed by atoms with van der Waals surface area (Å²) in [5.41, 5.74) is 0.322. The number of hydrogen-bond donors (Lipinski definition) is 1. The largest absolute Gasteiger partial charge is 0.465 e. The molecule has 10 heteroatoms. The molecule has 4 heterocycles. The maximum absolute atomic E-state index is 12.5. The van der Waals surface area contributed by atoms with Gasteiger partial charge in [0.2, 0.25) is 0 Å². The van der Waals surface area contributed by atoms with Crippen LogP contribution < -0.4 is 5.56 Å². The van der Waals surface area contributed by atoms with E-state index in [1.807, 2.05) is 0 Å². The number of nitrogens with one attached hydrogen (secondary N) is 1. The molecule has 0 unspecified atom stereocenters. The third kappa shape index (κ3) is 3.68. The number of thiophene rings is 1. The van der Waals surface area contributed by atoms with E-state index in [4.69, 9.17) is 9.15 Å². The lowest BCUT2D eigenvalue weighted by molar-refractivity contribution is 0.0591. The fourth-order valence-electron chi connectivity index (χ4n) is 3.43. The molecule has 0 aromatic carbocycles. The predicted octanol–water partition coefficient (Wildman–Crippen LogP) is 1.63. The summed E-state index contributed by atoms with van der Waals surface area (Å²) in [7, 11) is 1.31. The molecule has 1 saturated heterocycles.